The molecule has 2 aliphatic heterocycles. The zero-order chi connectivity index (χ0) is 17.4. The molecule has 5 nitrogen and oxygen atoms in total. The van der Waals surface area contributed by atoms with Gasteiger partial charge in [0, 0.05) is 37.9 Å². The van der Waals surface area contributed by atoms with Crippen LogP contribution in [0.2, 0.25) is 0 Å². The van der Waals surface area contributed by atoms with E-state index in [0.717, 1.165) is 28.6 Å². The molecule has 0 bridgehead atoms. The van der Waals surface area contributed by atoms with Gasteiger partial charge < -0.3 is 14.4 Å². The van der Waals surface area contributed by atoms with E-state index in [4.69, 9.17) is 9.47 Å². The number of carbonyl (C=O) groups is 1. The first-order valence-corrected chi connectivity index (χ1v) is 9.72. The van der Waals surface area contributed by atoms with Gasteiger partial charge in [-0.1, -0.05) is 18.2 Å². The molecule has 0 N–H and O–H groups in total. The molecule has 3 unspecified atom stereocenters. The Morgan fingerprint density at radius 3 is 3.04 bits per heavy atom. The summed E-state index contributed by atoms with van der Waals surface area (Å²) in [7, 11) is 0. The average Bonchev–Trinajstić information content (AvgIpc) is 2.97. The normalized spacial score (nSPS) is 30.1. The lowest BCUT2D eigenvalue weighted by Crippen LogP contribution is -2.59. The maximum atomic E-state index is 13.0. The third-order valence-electron chi connectivity index (χ3n) is 5.15. The highest BCUT2D eigenvalue weighted by Crippen LogP contribution is 2.34. The predicted molar refractivity (Wildman–Crippen MR) is 97.8 cm³/mol. The van der Waals surface area contributed by atoms with E-state index in [2.05, 4.69) is 24.3 Å². The Kier molecular flexibility index (Phi) is 4.52. The van der Waals surface area contributed by atoms with Crippen LogP contribution in [0.25, 0.3) is 10.1 Å². The van der Waals surface area contributed by atoms with E-state index < -0.39 is 0 Å². The Hall–Kier alpha value is -1.50. The van der Waals surface area contributed by atoms with Gasteiger partial charge in [0.25, 0.3) is 0 Å². The minimum absolute atomic E-state index is 0.0511. The van der Waals surface area contributed by atoms with Crippen molar-refractivity contribution < 1.29 is 14.3 Å². The molecule has 2 aliphatic rings. The highest BCUT2D eigenvalue weighted by molar-refractivity contribution is 7.13. The van der Waals surface area contributed by atoms with Crippen molar-refractivity contribution in [1.82, 2.24) is 9.27 Å². The maximum Gasteiger partial charge on any atom is 0.228 e. The van der Waals surface area contributed by atoms with Crippen LogP contribution < -0.4 is 0 Å². The van der Waals surface area contributed by atoms with Crippen LogP contribution in [-0.2, 0) is 20.7 Å². The van der Waals surface area contributed by atoms with Gasteiger partial charge in [-0.2, -0.15) is 4.37 Å². The SMILES string of the molecule is CC1CC2(CCO1)CN(C(=O)Cc1nsc3ccccc13)CC(C)O2. The van der Waals surface area contributed by atoms with E-state index in [0.29, 0.717) is 26.1 Å². The first-order chi connectivity index (χ1) is 12.0. The van der Waals surface area contributed by atoms with E-state index in [1.54, 1.807) is 0 Å². The zero-order valence-corrected chi connectivity index (χ0v) is 15.6. The maximum absolute atomic E-state index is 13.0. The van der Waals surface area contributed by atoms with Crippen molar-refractivity contribution in [2.75, 3.05) is 19.7 Å². The van der Waals surface area contributed by atoms with E-state index in [9.17, 15) is 4.79 Å². The average molecular weight is 360 g/mol. The van der Waals surface area contributed by atoms with Crippen LogP contribution >= 0.6 is 11.5 Å². The van der Waals surface area contributed by atoms with Gasteiger partial charge in [0.15, 0.2) is 0 Å². The van der Waals surface area contributed by atoms with Crippen molar-refractivity contribution in [2.24, 2.45) is 0 Å². The monoisotopic (exact) mass is 360 g/mol. The summed E-state index contributed by atoms with van der Waals surface area (Å²) in [6, 6.07) is 8.10. The molecule has 2 saturated heterocycles. The molecule has 3 heterocycles. The molecule has 2 fully saturated rings. The summed E-state index contributed by atoms with van der Waals surface area (Å²) < 4.78 is 17.6. The van der Waals surface area contributed by atoms with Gasteiger partial charge in [-0.05, 0) is 31.4 Å². The number of amides is 1. The molecule has 0 aliphatic carbocycles. The van der Waals surface area contributed by atoms with Crippen molar-refractivity contribution in [1.29, 1.82) is 0 Å². The summed E-state index contributed by atoms with van der Waals surface area (Å²) in [5, 5.41) is 1.09. The molecule has 3 atom stereocenters. The molecule has 6 heteroatoms. The lowest BCUT2D eigenvalue weighted by atomic mass is 9.88. The Morgan fingerprint density at radius 2 is 2.20 bits per heavy atom. The summed E-state index contributed by atoms with van der Waals surface area (Å²) in [5.41, 5.74) is 0.633. The fraction of sp³-hybridized carbons (Fsp3) is 0.579. The number of aromatic nitrogens is 1. The molecule has 2 aromatic rings. The second kappa shape index (κ2) is 6.67. The van der Waals surface area contributed by atoms with E-state index >= 15 is 0 Å². The molecule has 1 aromatic carbocycles. The van der Waals surface area contributed by atoms with Crippen molar-refractivity contribution >= 4 is 27.5 Å². The topological polar surface area (TPSA) is 51.7 Å². The molecule has 25 heavy (non-hydrogen) atoms. The lowest BCUT2D eigenvalue weighted by molar-refractivity contribution is -0.199. The van der Waals surface area contributed by atoms with Crippen LogP contribution in [0, 0.1) is 0 Å². The van der Waals surface area contributed by atoms with Crippen LogP contribution in [0.5, 0.6) is 0 Å². The number of hydrogen-bond donors (Lipinski definition) is 0. The number of nitrogens with zero attached hydrogens (tertiary/aromatic N) is 2. The Bertz CT molecular complexity index is 773. The highest BCUT2D eigenvalue weighted by Gasteiger charge is 2.44. The third-order valence-corrected chi connectivity index (χ3v) is 6.02. The molecule has 0 saturated carbocycles. The Morgan fingerprint density at radius 1 is 1.36 bits per heavy atom. The minimum atomic E-state index is -0.255. The minimum Gasteiger partial charge on any atom is -0.378 e. The molecule has 1 amide bonds. The van der Waals surface area contributed by atoms with Crippen molar-refractivity contribution in [3.63, 3.8) is 0 Å². The van der Waals surface area contributed by atoms with E-state index in [1.807, 2.05) is 23.1 Å². The number of carbonyl (C=O) groups excluding carboxylic acids is 1. The fourth-order valence-electron chi connectivity index (χ4n) is 4.12. The van der Waals surface area contributed by atoms with Gasteiger partial charge in [-0.15, -0.1) is 0 Å². The quantitative estimate of drug-likeness (QED) is 0.826. The van der Waals surface area contributed by atoms with Crippen LogP contribution in [-0.4, -0.2) is 52.7 Å². The lowest BCUT2D eigenvalue weighted by Gasteiger charge is -2.48. The molecule has 1 spiro atoms. The van der Waals surface area contributed by atoms with Gasteiger partial charge in [-0.25, -0.2) is 0 Å². The number of rotatable bonds is 2. The first kappa shape index (κ1) is 16.9. The standard InChI is InChI=1S/C19H24N2O3S/c1-13-10-19(7-8-23-13)12-21(11-14(2)24-19)18(22)9-16-15-5-3-4-6-17(15)25-20-16/h3-6,13-14H,7-12H2,1-2H3. The Balaban J connectivity index is 1.51. The summed E-state index contributed by atoms with van der Waals surface area (Å²) in [4.78, 5) is 14.9. The molecule has 4 rings (SSSR count). The first-order valence-electron chi connectivity index (χ1n) is 8.95. The van der Waals surface area contributed by atoms with E-state index in [1.165, 1.54) is 11.5 Å². The van der Waals surface area contributed by atoms with Gasteiger partial charge in [0.2, 0.25) is 5.91 Å². The molecule has 1 aromatic heterocycles. The molecular weight excluding hydrogens is 336 g/mol. The van der Waals surface area contributed by atoms with Crippen molar-refractivity contribution in [3.8, 4) is 0 Å². The third kappa shape index (κ3) is 3.43. The summed E-state index contributed by atoms with van der Waals surface area (Å²) in [6.45, 7) is 6.15. The highest BCUT2D eigenvalue weighted by atomic mass is 32.1. The zero-order valence-electron chi connectivity index (χ0n) is 14.7. The second-order valence-electron chi connectivity index (χ2n) is 7.32. The number of morpholine rings is 1. The molecule has 0 radical (unpaired) electrons. The number of benzene rings is 1. The Labute approximate surface area is 152 Å². The molecule has 134 valence electrons. The largest absolute Gasteiger partial charge is 0.378 e. The van der Waals surface area contributed by atoms with Gasteiger partial charge in [0.1, 0.15) is 0 Å². The van der Waals surface area contributed by atoms with Crippen molar-refractivity contribution in [3.05, 3.63) is 30.0 Å². The van der Waals surface area contributed by atoms with Gasteiger partial charge in [-0.3, -0.25) is 4.79 Å². The number of ether oxygens (including phenoxy) is 2. The van der Waals surface area contributed by atoms with E-state index in [-0.39, 0.29) is 23.7 Å². The predicted octanol–water partition coefficient (Wildman–Crippen LogP) is 3.02. The summed E-state index contributed by atoms with van der Waals surface area (Å²) in [5.74, 6) is 0.143. The summed E-state index contributed by atoms with van der Waals surface area (Å²) in [6.07, 6.45) is 2.29. The smallest absolute Gasteiger partial charge is 0.228 e. The molecular formula is C19H24N2O3S. The van der Waals surface area contributed by atoms with Crippen LogP contribution in [0.1, 0.15) is 32.4 Å². The van der Waals surface area contributed by atoms with Crippen LogP contribution in [0.4, 0.5) is 0 Å². The number of hydrogen-bond acceptors (Lipinski definition) is 5. The van der Waals surface area contributed by atoms with Crippen LogP contribution in [0.3, 0.4) is 0 Å². The summed E-state index contributed by atoms with van der Waals surface area (Å²) >= 11 is 1.46. The van der Waals surface area contributed by atoms with Gasteiger partial charge in [0.05, 0.1) is 34.6 Å². The fourth-order valence-corrected chi connectivity index (χ4v) is 4.91. The second-order valence-corrected chi connectivity index (χ2v) is 8.13. The van der Waals surface area contributed by atoms with Crippen molar-refractivity contribution in [2.45, 2.75) is 50.9 Å². The van der Waals surface area contributed by atoms with Crippen LogP contribution in [0.15, 0.2) is 24.3 Å². The van der Waals surface area contributed by atoms with Gasteiger partial charge >= 0.3 is 0 Å². The number of fused-ring (bicyclic) bond motifs is 1.